The highest BCUT2D eigenvalue weighted by molar-refractivity contribution is 4.94. The Morgan fingerprint density at radius 2 is 2.35 bits per heavy atom. The molecule has 0 spiro atoms. The van der Waals surface area contributed by atoms with Gasteiger partial charge in [-0.3, -0.25) is 0 Å². The van der Waals surface area contributed by atoms with Gasteiger partial charge in [0, 0.05) is 45.5 Å². The van der Waals surface area contributed by atoms with Gasteiger partial charge in [-0.25, -0.2) is 4.98 Å². The molecule has 1 aliphatic heterocycles. The quantitative estimate of drug-likeness (QED) is 0.824. The van der Waals surface area contributed by atoms with Gasteiger partial charge in [-0.1, -0.05) is 6.92 Å². The van der Waals surface area contributed by atoms with E-state index >= 15 is 0 Å². The van der Waals surface area contributed by atoms with Crippen LogP contribution in [0.2, 0.25) is 0 Å². The SMILES string of the molecule is CNCC1(C)CCN(CCc2nccn2C)C1. The Labute approximate surface area is 104 Å². The van der Waals surface area contributed by atoms with Crippen LogP contribution < -0.4 is 5.32 Å². The molecule has 1 aromatic rings. The first-order valence-corrected chi connectivity index (χ1v) is 6.46. The van der Waals surface area contributed by atoms with Crippen molar-refractivity contribution >= 4 is 0 Å². The molecule has 1 saturated heterocycles. The molecule has 1 fully saturated rings. The van der Waals surface area contributed by atoms with Crippen LogP contribution in [0.4, 0.5) is 0 Å². The highest BCUT2D eigenvalue weighted by Crippen LogP contribution is 2.28. The van der Waals surface area contributed by atoms with Crippen LogP contribution in [0.5, 0.6) is 0 Å². The summed E-state index contributed by atoms with van der Waals surface area (Å²) >= 11 is 0. The van der Waals surface area contributed by atoms with E-state index in [1.54, 1.807) is 0 Å². The molecular weight excluding hydrogens is 212 g/mol. The van der Waals surface area contributed by atoms with E-state index in [-0.39, 0.29) is 0 Å². The molecule has 1 aromatic heterocycles. The van der Waals surface area contributed by atoms with Crippen LogP contribution in [-0.4, -0.2) is 47.7 Å². The van der Waals surface area contributed by atoms with Crippen molar-refractivity contribution in [2.45, 2.75) is 19.8 Å². The molecule has 0 radical (unpaired) electrons. The fourth-order valence-corrected chi connectivity index (χ4v) is 2.78. The average molecular weight is 236 g/mol. The molecule has 0 aliphatic carbocycles. The van der Waals surface area contributed by atoms with E-state index in [0.29, 0.717) is 5.41 Å². The van der Waals surface area contributed by atoms with Gasteiger partial charge >= 0.3 is 0 Å². The van der Waals surface area contributed by atoms with Crippen LogP contribution in [0, 0.1) is 5.41 Å². The molecule has 1 unspecified atom stereocenters. The number of hydrogen-bond acceptors (Lipinski definition) is 3. The predicted molar refractivity (Wildman–Crippen MR) is 70.0 cm³/mol. The maximum Gasteiger partial charge on any atom is 0.109 e. The minimum Gasteiger partial charge on any atom is -0.338 e. The average Bonchev–Trinajstić information content (AvgIpc) is 2.83. The number of aryl methyl sites for hydroxylation is 1. The molecule has 1 aliphatic rings. The summed E-state index contributed by atoms with van der Waals surface area (Å²) in [4.78, 5) is 6.93. The standard InChI is InChI=1S/C13H24N4/c1-13(10-14-2)5-8-17(11-13)7-4-12-15-6-9-16(12)3/h6,9,14H,4-5,7-8,10-11H2,1-3H3. The van der Waals surface area contributed by atoms with Gasteiger partial charge in [-0.05, 0) is 25.4 Å². The molecule has 2 heterocycles. The van der Waals surface area contributed by atoms with Crippen molar-refractivity contribution < 1.29 is 0 Å². The molecule has 1 atom stereocenters. The molecule has 0 bridgehead atoms. The molecule has 4 nitrogen and oxygen atoms in total. The first-order valence-electron chi connectivity index (χ1n) is 6.46. The molecule has 0 saturated carbocycles. The lowest BCUT2D eigenvalue weighted by molar-refractivity contribution is 0.271. The molecule has 17 heavy (non-hydrogen) atoms. The topological polar surface area (TPSA) is 33.1 Å². The second kappa shape index (κ2) is 5.19. The Bertz CT molecular complexity index is 360. The monoisotopic (exact) mass is 236 g/mol. The smallest absolute Gasteiger partial charge is 0.109 e. The highest BCUT2D eigenvalue weighted by Gasteiger charge is 2.32. The van der Waals surface area contributed by atoms with Crippen LogP contribution in [0.25, 0.3) is 0 Å². The lowest BCUT2D eigenvalue weighted by Gasteiger charge is -2.24. The van der Waals surface area contributed by atoms with E-state index in [2.05, 4.69) is 33.7 Å². The third-order valence-corrected chi connectivity index (χ3v) is 3.81. The Kier molecular flexibility index (Phi) is 3.84. The maximum absolute atomic E-state index is 4.37. The van der Waals surface area contributed by atoms with E-state index in [9.17, 15) is 0 Å². The summed E-state index contributed by atoms with van der Waals surface area (Å²) in [5.74, 6) is 1.19. The molecule has 96 valence electrons. The van der Waals surface area contributed by atoms with Gasteiger partial charge in [-0.2, -0.15) is 0 Å². The largest absolute Gasteiger partial charge is 0.338 e. The number of likely N-dealkylation sites (tertiary alicyclic amines) is 1. The van der Waals surface area contributed by atoms with Crippen molar-refractivity contribution in [1.82, 2.24) is 19.8 Å². The molecule has 0 amide bonds. The van der Waals surface area contributed by atoms with Crippen LogP contribution in [0.15, 0.2) is 12.4 Å². The fraction of sp³-hybridized carbons (Fsp3) is 0.769. The van der Waals surface area contributed by atoms with Crippen molar-refractivity contribution in [1.29, 1.82) is 0 Å². The van der Waals surface area contributed by atoms with Gasteiger partial charge < -0.3 is 14.8 Å². The lowest BCUT2D eigenvalue weighted by atomic mass is 9.90. The van der Waals surface area contributed by atoms with Crippen molar-refractivity contribution in [3.63, 3.8) is 0 Å². The molecule has 0 aromatic carbocycles. The molecule has 1 N–H and O–H groups in total. The first kappa shape index (κ1) is 12.6. The summed E-state index contributed by atoms with van der Waals surface area (Å²) in [6.07, 6.45) is 6.25. The zero-order chi connectivity index (χ0) is 12.3. The minimum atomic E-state index is 0.455. The van der Waals surface area contributed by atoms with Gasteiger partial charge in [0.2, 0.25) is 0 Å². The van der Waals surface area contributed by atoms with Crippen molar-refractivity contribution in [2.24, 2.45) is 12.5 Å². The van der Waals surface area contributed by atoms with E-state index in [1.807, 2.05) is 19.4 Å². The van der Waals surface area contributed by atoms with Gasteiger partial charge in [0.05, 0.1) is 0 Å². The Morgan fingerprint density at radius 1 is 1.53 bits per heavy atom. The highest BCUT2D eigenvalue weighted by atomic mass is 15.2. The predicted octanol–water partition coefficient (Wildman–Crippen LogP) is 0.894. The van der Waals surface area contributed by atoms with E-state index in [4.69, 9.17) is 0 Å². The van der Waals surface area contributed by atoms with Gasteiger partial charge in [-0.15, -0.1) is 0 Å². The maximum atomic E-state index is 4.37. The Hall–Kier alpha value is -0.870. The van der Waals surface area contributed by atoms with Gasteiger partial charge in [0.1, 0.15) is 5.82 Å². The number of aromatic nitrogens is 2. The van der Waals surface area contributed by atoms with Crippen LogP contribution in [-0.2, 0) is 13.5 Å². The van der Waals surface area contributed by atoms with Crippen molar-refractivity contribution in [2.75, 3.05) is 33.2 Å². The molecule has 4 heteroatoms. The molecular formula is C13H24N4. The summed E-state index contributed by atoms with van der Waals surface area (Å²) in [5.41, 5.74) is 0.455. The second-order valence-electron chi connectivity index (χ2n) is 5.57. The van der Waals surface area contributed by atoms with Crippen LogP contribution in [0.3, 0.4) is 0 Å². The zero-order valence-electron chi connectivity index (χ0n) is 11.2. The second-order valence-corrected chi connectivity index (χ2v) is 5.57. The number of nitrogens with one attached hydrogen (secondary N) is 1. The summed E-state index contributed by atoms with van der Waals surface area (Å²) in [7, 11) is 4.11. The summed E-state index contributed by atoms with van der Waals surface area (Å²) < 4.78 is 2.11. The fourth-order valence-electron chi connectivity index (χ4n) is 2.78. The zero-order valence-corrected chi connectivity index (χ0v) is 11.2. The number of nitrogens with zero attached hydrogens (tertiary/aromatic N) is 3. The van der Waals surface area contributed by atoms with Crippen molar-refractivity contribution in [3.8, 4) is 0 Å². The van der Waals surface area contributed by atoms with E-state index in [0.717, 1.165) is 19.5 Å². The summed E-state index contributed by atoms with van der Waals surface area (Å²) in [6, 6.07) is 0. The summed E-state index contributed by atoms with van der Waals surface area (Å²) in [5, 5.41) is 3.31. The minimum absolute atomic E-state index is 0.455. The normalized spacial score (nSPS) is 25.6. The Morgan fingerprint density at radius 3 is 3.00 bits per heavy atom. The third-order valence-electron chi connectivity index (χ3n) is 3.81. The van der Waals surface area contributed by atoms with E-state index in [1.165, 1.54) is 25.3 Å². The molecule has 2 rings (SSSR count). The number of imidazole rings is 1. The van der Waals surface area contributed by atoms with Gasteiger partial charge in [0.25, 0.3) is 0 Å². The van der Waals surface area contributed by atoms with Crippen LogP contribution in [0.1, 0.15) is 19.2 Å². The third kappa shape index (κ3) is 3.07. The van der Waals surface area contributed by atoms with Crippen LogP contribution >= 0.6 is 0 Å². The first-order chi connectivity index (χ1) is 8.13. The van der Waals surface area contributed by atoms with E-state index < -0.39 is 0 Å². The lowest BCUT2D eigenvalue weighted by Crippen LogP contribution is -2.33. The number of hydrogen-bond donors (Lipinski definition) is 1. The number of rotatable bonds is 5. The summed E-state index contributed by atoms with van der Waals surface area (Å²) in [6.45, 7) is 7.06. The Balaban J connectivity index is 1.80. The van der Waals surface area contributed by atoms with Gasteiger partial charge in [0.15, 0.2) is 0 Å². The van der Waals surface area contributed by atoms with Crippen molar-refractivity contribution in [3.05, 3.63) is 18.2 Å².